The third-order valence-corrected chi connectivity index (χ3v) is 1.78. The molecular weight excluding hydrogens is 171 g/mol. The third-order valence-electron chi connectivity index (χ3n) is 1.78. The molecule has 1 aromatic rings. The maximum absolute atomic E-state index is 12.7. The number of amides is 1. The van der Waals surface area contributed by atoms with Crippen LogP contribution in [0.15, 0.2) is 18.3 Å². The van der Waals surface area contributed by atoms with Gasteiger partial charge in [-0.15, -0.1) is 0 Å². The number of fused-ring (bicyclic) bond motifs is 1. The van der Waals surface area contributed by atoms with E-state index in [9.17, 15) is 9.18 Å². The van der Waals surface area contributed by atoms with E-state index in [-0.39, 0.29) is 5.91 Å². The van der Waals surface area contributed by atoms with Gasteiger partial charge in [-0.2, -0.15) is 0 Å². The van der Waals surface area contributed by atoms with Crippen LogP contribution in [0.3, 0.4) is 0 Å². The summed E-state index contributed by atoms with van der Waals surface area (Å²) in [7, 11) is 0. The summed E-state index contributed by atoms with van der Waals surface area (Å²) in [5.41, 5.74) is 1.60. The van der Waals surface area contributed by atoms with Gasteiger partial charge in [-0.25, -0.2) is 9.71 Å². The monoisotopic (exact) mass is 177 g/mol. The molecule has 0 spiro atoms. The number of allylic oxidation sites excluding steroid dienone is 1. The first-order chi connectivity index (χ1) is 6.16. The largest absolute Gasteiger partial charge is 0.270 e. The molecule has 0 saturated carbocycles. The number of carbonyl (C=O) groups excluding carboxylic acids is 1. The van der Waals surface area contributed by atoms with E-state index in [0.29, 0.717) is 11.4 Å². The molecule has 13 heavy (non-hydrogen) atoms. The molecule has 0 aromatic carbocycles. The van der Waals surface area contributed by atoms with Gasteiger partial charge in [0.2, 0.25) is 0 Å². The lowest BCUT2D eigenvalue weighted by molar-refractivity contribution is -0.115. The number of halogens is 1. The Hall–Kier alpha value is -1.71. The molecule has 0 saturated heterocycles. The van der Waals surface area contributed by atoms with Crippen molar-refractivity contribution >= 4 is 17.2 Å². The fourth-order valence-corrected chi connectivity index (χ4v) is 1.22. The van der Waals surface area contributed by atoms with Crippen molar-refractivity contribution in [3.05, 3.63) is 29.9 Å². The summed E-state index contributed by atoms with van der Waals surface area (Å²) in [5, 5.41) is 3.64. The van der Waals surface area contributed by atoms with E-state index in [1.807, 2.05) is 0 Å². The van der Waals surface area contributed by atoms with Crippen LogP contribution in [0.4, 0.5) is 10.1 Å². The molecule has 0 atom stereocenters. The molecule has 2 rings (SSSR count). The average Bonchev–Trinajstić information content (AvgIpc) is 2.02. The molecule has 2 heterocycles. The Morgan fingerprint density at radius 2 is 2.23 bits per heavy atom. The van der Waals surface area contributed by atoms with Gasteiger partial charge in [-0.3, -0.25) is 9.78 Å². The van der Waals surface area contributed by atoms with Crippen LogP contribution in [0, 0.1) is 5.82 Å². The number of rotatable bonds is 0. The smallest absolute Gasteiger partial charge is 0.267 e. The summed E-state index contributed by atoms with van der Waals surface area (Å²) < 4.78 is 12.7. The predicted octanol–water partition coefficient (Wildman–Crippen LogP) is 1.40. The van der Waals surface area contributed by atoms with Gasteiger partial charge in [0, 0.05) is 12.1 Å². The van der Waals surface area contributed by atoms with E-state index in [1.165, 1.54) is 12.1 Å². The molecule has 4 heteroatoms. The lowest BCUT2D eigenvalue weighted by atomic mass is 10.1. The Labute approximate surface area is 74.3 Å². The van der Waals surface area contributed by atoms with Gasteiger partial charge < -0.3 is 0 Å². The highest BCUT2D eigenvalue weighted by molar-refractivity contribution is 6.01. The number of nitrogens with zero attached hydrogens (tertiary/aromatic N) is 2. The molecule has 0 aliphatic carbocycles. The zero-order valence-corrected chi connectivity index (χ0v) is 6.91. The first-order valence-corrected chi connectivity index (χ1v) is 3.77. The van der Waals surface area contributed by atoms with Gasteiger partial charge >= 0.3 is 0 Å². The molecule has 1 aromatic heterocycles. The summed E-state index contributed by atoms with van der Waals surface area (Å²) in [4.78, 5) is 14.8. The van der Waals surface area contributed by atoms with Crippen LogP contribution in [0.1, 0.15) is 12.6 Å². The molecule has 0 N–H and O–H groups in total. The van der Waals surface area contributed by atoms with Crippen molar-refractivity contribution in [1.29, 1.82) is 0 Å². The van der Waals surface area contributed by atoms with E-state index >= 15 is 0 Å². The minimum absolute atomic E-state index is 0.310. The SMILES string of the molecule is CC1=CC(=O)[N]c2cc(F)cnc21. The summed E-state index contributed by atoms with van der Waals surface area (Å²) in [6, 6.07) is 1.21. The fourth-order valence-electron chi connectivity index (χ4n) is 1.22. The van der Waals surface area contributed by atoms with Gasteiger partial charge in [0.1, 0.15) is 5.82 Å². The number of carbonyl (C=O) groups is 1. The van der Waals surface area contributed by atoms with Crippen LogP contribution < -0.4 is 5.32 Å². The maximum Gasteiger partial charge on any atom is 0.270 e. The normalized spacial score (nSPS) is 14.6. The van der Waals surface area contributed by atoms with E-state index < -0.39 is 5.82 Å². The van der Waals surface area contributed by atoms with Crippen LogP contribution in [-0.4, -0.2) is 10.9 Å². The number of hydrogen-bond acceptors (Lipinski definition) is 2. The molecular formula is C9H6FN2O. The molecule has 1 aliphatic heterocycles. The molecule has 0 unspecified atom stereocenters. The van der Waals surface area contributed by atoms with Crippen LogP contribution in [-0.2, 0) is 4.79 Å². The predicted molar refractivity (Wildman–Crippen MR) is 44.6 cm³/mol. The standard InChI is InChI=1S/C9H6FN2O/c1-5-2-8(13)12-7-3-6(10)4-11-9(5)7/h2-4H,1H3. The van der Waals surface area contributed by atoms with Crippen molar-refractivity contribution in [2.75, 3.05) is 0 Å². The van der Waals surface area contributed by atoms with Crippen LogP contribution in [0.25, 0.3) is 5.57 Å². The lowest BCUT2D eigenvalue weighted by Gasteiger charge is -2.11. The molecule has 0 bridgehead atoms. The maximum atomic E-state index is 12.7. The van der Waals surface area contributed by atoms with Crippen molar-refractivity contribution in [2.24, 2.45) is 0 Å². The Kier molecular flexibility index (Phi) is 1.62. The van der Waals surface area contributed by atoms with Gasteiger partial charge in [-0.1, -0.05) is 0 Å². The highest BCUT2D eigenvalue weighted by atomic mass is 19.1. The van der Waals surface area contributed by atoms with Crippen LogP contribution in [0.2, 0.25) is 0 Å². The Bertz CT molecular complexity index is 412. The minimum Gasteiger partial charge on any atom is -0.267 e. The Balaban J connectivity index is 2.60. The summed E-state index contributed by atoms with van der Waals surface area (Å²) >= 11 is 0. The number of hydrogen-bond donors (Lipinski definition) is 0. The number of aromatic nitrogens is 1. The second-order valence-corrected chi connectivity index (χ2v) is 2.80. The average molecular weight is 177 g/mol. The van der Waals surface area contributed by atoms with E-state index in [1.54, 1.807) is 6.92 Å². The Morgan fingerprint density at radius 3 is 3.00 bits per heavy atom. The molecule has 65 valence electrons. The van der Waals surface area contributed by atoms with Gasteiger partial charge in [0.15, 0.2) is 0 Å². The molecule has 0 fully saturated rings. The lowest BCUT2D eigenvalue weighted by Crippen LogP contribution is -2.14. The highest BCUT2D eigenvalue weighted by Crippen LogP contribution is 2.25. The Morgan fingerprint density at radius 1 is 1.46 bits per heavy atom. The van der Waals surface area contributed by atoms with Gasteiger partial charge in [-0.05, 0) is 12.5 Å². The van der Waals surface area contributed by atoms with Gasteiger partial charge in [0.25, 0.3) is 5.91 Å². The van der Waals surface area contributed by atoms with Crippen LogP contribution >= 0.6 is 0 Å². The minimum atomic E-state index is -0.481. The summed E-state index contributed by atoms with van der Waals surface area (Å²) in [6.07, 6.45) is 2.49. The zero-order chi connectivity index (χ0) is 9.42. The summed E-state index contributed by atoms with van der Waals surface area (Å²) in [6.45, 7) is 1.75. The van der Waals surface area contributed by atoms with Crippen molar-refractivity contribution in [2.45, 2.75) is 6.92 Å². The van der Waals surface area contributed by atoms with Crippen molar-refractivity contribution in [1.82, 2.24) is 10.3 Å². The first-order valence-electron chi connectivity index (χ1n) is 3.77. The van der Waals surface area contributed by atoms with Crippen LogP contribution in [0.5, 0.6) is 0 Å². The number of pyridine rings is 1. The molecule has 3 nitrogen and oxygen atoms in total. The first kappa shape index (κ1) is 7.91. The van der Waals surface area contributed by atoms with E-state index in [0.717, 1.165) is 11.8 Å². The molecule has 1 amide bonds. The van der Waals surface area contributed by atoms with Gasteiger partial charge in [0.05, 0.1) is 17.6 Å². The second-order valence-electron chi connectivity index (χ2n) is 2.80. The van der Waals surface area contributed by atoms with Crippen molar-refractivity contribution in [3.63, 3.8) is 0 Å². The summed E-state index contributed by atoms with van der Waals surface area (Å²) in [5.74, 6) is -0.845. The van der Waals surface area contributed by atoms with Crippen molar-refractivity contribution in [3.8, 4) is 0 Å². The van der Waals surface area contributed by atoms with E-state index in [2.05, 4.69) is 10.3 Å². The molecule has 1 aliphatic rings. The second kappa shape index (κ2) is 2.65. The zero-order valence-electron chi connectivity index (χ0n) is 6.91. The topological polar surface area (TPSA) is 44.1 Å². The fraction of sp³-hybridized carbons (Fsp3) is 0.111. The van der Waals surface area contributed by atoms with E-state index in [4.69, 9.17) is 0 Å². The quantitative estimate of drug-likeness (QED) is 0.601. The highest BCUT2D eigenvalue weighted by Gasteiger charge is 2.17. The molecule has 1 radical (unpaired) electrons. The third kappa shape index (κ3) is 1.30. The van der Waals surface area contributed by atoms with Crippen molar-refractivity contribution < 1.29 is 9.18 Å².